The van der Waals surface area contributed by atoms with Crippen LogP contribution in [0.3, 0.4) is 0 Å². The second-order valence-electron chi connectivity index (χ2n) is 8.29. The molecule has 0 heterocycles. The van der Waals surface area contributed by atoms with E-state index in [9.17, 15) is 9.90 Å². The van der Waals surface area contributed by atoms with Crippen LogP contribution in [-0.4, -0.2) is 11.1 Å². The molecule has 0 bridgehead atoms. The second-order valence-corrected chi connectivity index (χ2v) is 8.29. The molecule has 0 aliphatic rings. The SMILES string of the molecule is Cc1c(N)c(N=Nc2ccc3ccccc3c2)c(N)c(N=Nc2ccc3ccccc3c2)c1C(=O)O. The predicted molar refractivity (Wildman–Crippen MR) is 143 cm³/mol. The largest absolute Gasteiger partial charge is 0.478 e. The molecule has 0 saturated carbocycles. The van der Waals surface area contributed by atoms with Crippen LogP contribution in [0, 0.1) is 6.92 Å². The van der Waals surface area contributed by atoms with E-state index in [1.807, 2.05) is 78.9 Å². The lowest BCUT2D eigenvalue weighted by Crippen LogP contribution is -2.06. The van der Waals surface area contributed by atoms with Gasteiger partial charge in [-0.15, -0.1) is 10.2 Å². The number of benzene rings is 5. The summed E-state index contributed by atoms with van der Waals surface area (Å²) in [7, 11) is 0. The van der Waals surface area contributed by atoms with Crippen molar-refractivity contribution < 1.29 is 9.90 Å². The van der Waals surface area contributed by atoms with Crippen LogP contribution in [0.4, 0.5) is 34.1 Å². The fourth-order valence-electron chi connectivity index (χ4n) is 4.05. The first-order chi connectivity index (χ1) is 17.4. The van der Waals surface area contributed by atoms with E-state index in [0.29, 0.717) is 11.4 Å². The highest BCUT2D eigenvalue weighted by Crippen LogP contribution is 2.44. The van der Waals surface area contributed by atoms with Crippen LogP contribution in [0.1, 0.15) is 15.9 Å². The Labute approximate surface area is 206 Å². The van der Waals surface area contributed by atoms with Gasteiger partial charge in [0.15, 0.2) is 0 Å². The Morgan fingerprint density at radius 3 is 1.61 bits per heavy atom. The van der Waals surface area contributed by atoms with E-state index in [0.717, 1.165) is 21.5 Å². The molecule has 36 heavy (non-hydrogen) atoms. The molecular weight excluding hydrogens is 452 g/mol. The molecule has 5 rings (SSSR count). The van der Waals surface area contributed by atoms with Crippen molar-refractivity contribution in [3.63, 3.8) is 0 Å². The lowest BCUT2D eigenvalue weighted by Gasteiger charge is -2.13. The van der Waals surface area contributed by atoms with Gasteiger partial charge in [0.1, 0.15) is 11.4 Å². The standard InChI is InChI=1S/C28H22N6O2/c1-16-23(28(35)36)26(33-31-21-12-10-17-6-2-4-8-19(17)14-21)25(30)27(24(16)29)34-32-22-13-11-18-7-3-5-9-20(18)15-22/h2-15H,29-30H2,1H3,(H,35,36). The maximum absolute atomic E-state index is 12.1. The van der Waals surface area contributed by atoms with Gasteiger partial charge in [-0.3, -0.25) is 0 Å². The number of nitrogen functional groups attached to an aromatic ring is 2. The Morgan fingerprint density at radius 2 is 1.11 bits per heavy atom. The first-order valence-corrected chi connectivity index (χ1v) is 11.2. The van der Waals surface area contributed by atoms with Crippen LogP contribution in [0.5, 0.6) is 0 Å². The summed E-state index contributed by atoms with van der Waals surface area (Å²) in [5.74, 6) is -1.21. The van der Waals surface area contributed by atoms with Crippen molar-refractivity contribution in [1.29, 1.82) is 0 Å². The van der Waals surface area contributed by atoms with Crippen LogP contribution < -0.4 is 11.5 Å². The second kappa shape index (κ2) is 9.27. The number of hydrogen-bond acceptors (Lipinski definition) is 7. The number of rotatable bonds is 5. The summed E-state index contributed by atoms with van der Waals surface area (Å²) in [4.78, 5) is 12.1. The Morgan fingerprint density at radius 1 is 0.639 bits per heavy atom. The molecule has 0 unspecified atom stereocenters. The number of nitrogens with two attached hydrogens (primary N) is 2. The van der Waals surface area contributed by atoms with Gasteiger partial charge in [-0.25, -0.2) is 4.79 Å². The van der Waals surface area contributed by atoms with Gasteiger partial charge in [-0.05, 0) is 58.3 Å². The zero-order valence-corrected chi connectivity index (χ0v) is 19.4. The maximum atomic E-state index is 12.1. The van der Waals surface area contributed by atoms with Crippen molar-refractivity contribution in [3.8, 4) is 0 Å². The van der Waals surface area contributed by atoms with Crippen LogP contribution in [0.25, 0.3) is 21.5 Å². The molecule has 8 nitrogen and oxygen atoms in total. The summed E-state index contributed by atoms with van der Waals surface area (Å²) in [5, 5.41) is 31.1. The number of hydrogen-bond donors (Lipinski definition) is 3. The number of nitrogens with zero attached hydrogens (tertiary/aromatic N) is 4. The molecular formula is C28H22N6O2. The average Bonchev–Trinajstić information content (AvgIpc) is 2.89. The van der Waals surface area contributed by atoms with Gasteiger partial charge in [-0.1, -0.05) is 60.7 Å². The van der Waals surface area contributed by atoms with E-state index in [4.69, 9.17) is 11.5 Å². The average molecular weight is 475 g/mol. The van der Waals surface area contributed by atoms with Gasteiger partial charge < -0.3 is 16.6 Å². The zero-order valence-electron chi connectivity index (χ0n) is 19.4. The summed E-state index contributed by atoms with van der Waals surface area (Å²) in [5.41, 5.74) is 14.2. The van der Waals surface area contributed by atoms with Gasteiger partial charge in [0.05, 0.1) is 28.3 Å². The third-order valence-corrected chi connectivity index (χ3v) is 5.99. The Bertz CT molecular complexity index is 1710. The Kier molecular flexibility index (Phi) is 5.83. The molecule has 5 aromatic carbocycles. The summed E-state index contributed by atoms with van der Waals surface area (Å²) < 4.78 is 0. The minimum absolute atomic E-state index is 0.00965. The molecule has 0 aromatic heterocycles. The minimum Gasteiger partial charge on any atom is -0.478 e. The molecule has 0 aliphatic heterocycles. The number of carbonyl (C=O) groups is 1. The lowest BCUT2D eigenvalue weighted by molar-refractivity contribution is 0.0697. The summed E-state index contributed by atoms with van der Waals surface area (Å²) in [6.07, 6.45) is 0. The number of fused-ring (bicyclic) bond motifs is 2. The molecule has 5 N–H and O–H groups in total. The fourth-order valence-corrected chi connectivity index (χ4v) is 4.05. The van der Waals surface area contributed by atoms with Gasteiger partial charge >= 0.3 is 5.97 Å². The predicted octanol–water partition coefficient (Wildman–Crippen LogP) is 7.99. The molecule has 0 aliphatic carbocycles. The van der Waals surface area contributed by atoms with Crippen LogP contribution in [0.15, 0.2) is 105 Å². The number of carboxylic acids is 1. The smallest absolute Gasteiger partial charge is 0.338 e. The normalized spacial score (nSPS) is 11.7. The van der Waals surface area contributed by atoms with Gasteiger partial charge in [0.25, 0.3) is 0 Å². The van der Waals surface area contributed by atoms with E-state index in [1.165, 1.54) is 0 Å². The van der Waals surface area contributed by atoms with Crippen molar-refractivity contribution >= 4 is 61.6 Å². The highest BCUT2D eigenvalue weighted by atomic mass is 16.4. The first kappa shape index (κ1) is 22.7. The molecule has 8 heteroatoms. The van der Waals surface area contributed by atoms with E-state index in [1.54, 1.807) is 13.0 Å². The molecule has 0 amide bonds. The third kappa shape index (κ3) is 4.23. The van der Waals surface area contributed by atoms with E-state index < -0.39 is 5.97 Å². The Balaban J connectivity index is 1.58. The van der Waals surface area contributed by atoms with Crippen molar-refractivity contribution in [2.45, 2.75) is 6.92 Å². The van der Waals surface area contributed by atoms with Gasteiger partial charge in [0.2, 0.25) is 0 Å². The molecule has 176 valence electrons. The van der Waals surface area contributed by atoms with Crippen molar-refractivity contribution in [1.82, 2.24) is 0 Å². The molecule has 0 spiro atoms. The van der Waals surface area contributed by atoms with E-state index >= 15 is 0 Å². The molecule has 0 fully saturated rings. The van der Waals surface area contributed by atoms with Crippen LogP contribution >= 0.6 is 0 Å². The summed E-state index contributed by atoms with van der Waals surface area (Å²) in [6.45, 7) is 1.59. The van der Waals surface area contributed by atoms with E-state index in [2.05, 4.69) is 20.5 Å². The molecule has 0 saturated heterocycles. The van der Waals surface area contributed by atoms with Gasteiger partial charge in [0, 0.05) is 0 Å². The number of carboxylic acid groups (broad SMARTS) is 1. The Hall–Kier alpha value is -5.11. The topological polar surface area (TPSA) is 139 Å². The zero-order chi connectivity index (χ0) is 25.2. The summed E-state index contributed by atoms with van der Waals surface area (Å²) >= 11 is 0. The monoisotopic (exact) mass is 474 g/mol. The third-order valence-electron chi connectivity index (χ3n) is 5.99. The molecule has 0 radical (unpaired) electrons. The minimum atomic E-state index is -1.21. The van der Waals surface area contributed by atoms with Crippen LogP contribution in [-0.2, 0) is 0 Å². The van der Waals surface area contributed by atoms with Crippen LogP contribution in [0.2, 0.25) is 0 Å². The summed E-state index contributed by atoms with van der Waals surface area (Å²) in [6, 6.07) is 27.0. The highest BCUT2D eigenvalue weighted by Gasteiger charge is 2.23. The molecule has 0 atom stereocenters. The van der Waals surface area contributed by atoms with E-state index in [-0.39, 0.29) is 33.9 Å². The maximum Gasteiger partial charge on any atom is 0.338 e. The highest BCUT2D eigenvalue weighted by molar-refractivity contribution is 6.04. The van der Waals surface area contributed by atoms with Crippen molar-refractivity contribution in [2.75, 3.05) is 11.5 Å². The van der Waals surface area contributed by atoms with Crippen molar-refractivity contribution in [3.05, 3.63) is 96.1 Å². The number of aromatic carboxylic acids is 1. The number of anilines is 2. The fraction of sp³-hybridized carbons (Fsp3) is 0.0357. The first-order valence-electron chi connectivity index (χ1n) is 11.2. The lowest BCUT2D eigenvalue weighted by atomic mass is 10.0. The number of azo groups is 2. The quantitative estimate of drug-likeness (QED) is 0.175. The van der Waals surface area contributed by atoms with Gasteiger partial charge in [-0.2, -0.15) is 10.2 Å². The van der Waals surface area contributed by atoms with Crippen molar-refractivity contribution in [2.24, 2.45) is 20.5 Å². The molecule has 5 aromatic rings.